The summed E-state index contributed by atoms with van der Waals surface area (Å²) in [6, 6.07) is 0. The number of aryl methyl sites for hydroxylation is 2. The van der Waals surface area contributed by atoms with Crippen LogP contribution in [0.1, 0.15) is 11.4 Å². The second-order valence-electron chi connectivity index (χ2n) is 2.94. The van der Waals surface area contributed by atoms with Crippen LogP contribution < -0.4 is 4.72 Å². The second kappa shape index (κ2) is 4.30. The maximum absolute atomic E-state index is 11.7. The topological polar surface area (TPSA) is 91.9 Å². The first kappa shape index (κ1) is 12.2. The number of hydrogen-bond donors (Lipinski definition) is 2. The molecule has 0 bridgehead atoms. The summed E-state index contributed by atoms with van der Waals surface area (Å²) in [6.07, 6.45) is 0. The van der Waals surface area contributed by atoms with Crippen molar-refractivity contribution >= 4 is 26.9 Å². The smallest absolute Gasteiger partial charge is 0.244 e. The first-order valence-electron chi connectivity index (χ1n) is 4.04. The van der Waals surface area contributed by atoms with Gasteiger partial charge in [0.25, 0.3) is 0 Å². The van der Waals surface area contributed by atoms with Crippen LogP contribution >= 0.6 is 11.6 Å². The lowest BCUT2D eigenvalue weighted by atomic mass is 10.4. The largest absolute Gasteiger partial charge is 0.281 e. The Kier molecular flexibility index (Phi) is 3.48. The van der Waals surface area contributed by atoms with Crippen LogP contribution in [0.15, 0.2) is 4.90 Å². The Labute approximate surface area is 92.1 Å². The number of carbonyl (C=O) groups is 1. The summed E-state index contributed by atoms with van der Waals surface area (Å²) in [5, 5.41) is 5.52. The molecule has 0 saturated heterocycles. The van der Waals surface area contributed by atoms with Gasteiger partial charge in [0, 0.05) is 0 Å². The molecule has 0 aromatic carbocycles. The second-order valence-corrected chi connectivity index (χ2v) is 5.07. The minimum atomic E-state index is -3.72. The minimum absolute atomic E-state index is 0.0559. The third kappa shape index (κ3) is 2.77. The average Bonchev–Trinajstić information content (AvgIpc) is 2.43. The number of nitrogens with one attached hydrogen (secondary N) is 2. The molecule has 0 radical (unpaired) electrons. The molecule has 8 heteroatoms. The zero-order valence-corrected chi connectivity index (χ0v) is 9.74. The van der Waals surface area contributed by atoms with E-state index < -0.39 is 21.8 Å². The van der Waals surface area contributed by atoms with E-state index in [1.807, 2.05) is 0 Å². The fourth-order valence-corrected chi connectivity index (χ4v) is 2.66. The van der Waals surface area contributed by atoms with Crippen LogP contribution in [-0.4, -0.2) is 30.4 Å². The van der Waals surface area contributed by atoms with Crippen molar-refractivity contribution in [2.45, 2.75) is 18.7 Å². The van der Waals surface area contributed by atoms with Crippen molar-refractivity contribution in [1.82, 2.24) is 14.9 Å². The van der Waals surface area contributed by atoms with Crippen molar-refractivity contribution in [1.29, 1.82) is 0 Å². The molecule has 2 N–H and O–H groups in total. The van der Waals surface area contributed by atoms with Crippen molar-refractivity contribution in [2.75, 3.05) is 6.54 Å². The van der Waals surface area contributed by atoms with E-state index >= 15 is 0 Å². The summed E-state index contributed by atoms with van der Waals surface area (Å²) >= 11 is 5.04. The highest BCUT2D eigenvalue weighted by atomic mass is 35.5. The van der Waals surface area contributed by atoms with Crippen molar-refractivity contribution in [3.63, 3.8) is 0 Å². The molecule has 0 fully saturated rings. The summed E-state index contributed by atoms with van der Waals surface area (Å²) in [6.45, 7) is 2.70. The first-order chi connectivity index (χ1) is 6.84. The third-order valence-electron chi connectivity index (χ3n) is 1.73. The molecule has 0 spiro atoms. The number of sulfonamides is 1. The predicted octanol–water partition coefficient (Wildman–Crippen LogP) is 0.0702. The van der Waals surface area contributed by atoms with Crippen molar-refractivity contribution in [2.24, 2.45) is 0 Å². The third-order valence-corrected chi connectivity index (χ3v) is 3.53. The first-order valence-corrected chi connectivity index (χ1v) is 5.90. The van der Waals surface area contributed by atoms with Gasteiger partial charge in [-0.05, 0) is 25.4 Å². The van der Waals surface area contributed by atoms with Crippen molar-refractivity contribution in [3.8, 4) is 0 Å². The van der Waals surface area contributed by atoms with E-state index in [4.69, 9.17) is 11.6 Å². The van der Waals surface area contributed by atoms with Gasteiger partial charge in [-0.1, -0.05) is 0 Å². The van der Waals surface area contributed by atoms with Gasteiger partial charge in [0.2, 0.25) is 15.3 Å². The molecular weight excluding hydrogens is 242 g/mol. The molecule has 0 saturated carbocycles. The van der Waals surface area contributed by atoms with E-state index in [1.165, 1.54) is 0 Å². The predicted molar refractivity (Wildman–Crippen MR) is 54.1 cm³/mol. The molecule has 84 valence electrons. The van der Waals surface area contributed by atoms with E-state index in [2.05, 4.69) is 14.9 Å². The molecule has 1 heterocycles. The Bertz CT molecular complexity index is 460. The number of aromatic nitrogens is 2. The Morgan fingerprint density at radius 1 is 1.53 bits per heavy atom. The van der Waals surface area contributed by atoms with Gasteiger partial charge in [0.1, 0.15) is 4.90 Å². The van der Waals surface area contributed by atoms with Crippen LogP contribution in [0.25, 0.3) is 0 Å². The summed E-state index contributed by atoms with van der Waals surface area (Å²) in [7, 11) is -3.72. The molecule has 6 nitrogen and oxygen atoms in total. The lowest BCUT2D eigenvalue weighted by Crippen LogP contribution is -2.28. The van der Waals surface area contributed by atoms with Crippen molar-refractivity contribution < 1.29 is 13.2 Å². The fraction of sp³-hybridized carbons (Fsp3) is 0.429. The van der Waals surface area contributed by atoms with Gasteiger partial charge in [-0.2, -0.15) is 5.10 Å². The average molecular weight is 252 g/mol. The van der Waals surface area contributed by atoms with E-state index in [0.717, 1.165) is 0 Å². The number of hydrogen-bond acceptors (Lipinski definition) is 4. The molecule has 0 aliphatic heterocycles. The van der Waals surface area contributed by atoms with Crippen LogP contribution in [0.5, 0.6) is 0 Å². The van der Waals surface area contributed by atoms with Gasteiger partial charge in [-0.3, -0.25) is 9.89 Å². The van der Waals surface area contributed by atoms with Crippen LogP contribution in [0.2, 0.25) is 0 Å². The van der Waals surface area contributed by atoms with E-state index in [-0.39, 0.29) is 4.90 Å². The van der Waals surface area contributed by atoms with Crippen molar-refractivity contribution in [3.05, 3.63) is 11.4 Å². The SMILES string of the molecule is Cc1n[nH]c(C)c1S(=O)(=O)NCC(=O)Cl. The summed E-state index contributed by atoms with van der Waals surface area (Å²) in [5.74, 6) is 0. The summed E-state index contributed by atoms with van der Waals surface area (Å²) in [4.78, 5) is 10.5. The summed E-state index contributed by atoms with van der Waals surface area (Å²) < 4.78 is 25.4. The summed E-state index contributed by atoms with van der Waals surface area (Å²) in [5.41, 5.74) is 0.768. The molecule has 0 amide bonds. The number of carbonyl (C=O) groups excluding carboxylic acids is 1. The molecule has 15 heavy (non-hydrogen) atoms. The van der Waals surface area contributed by atoms with Gasteiger partial charge in [0.05, 0.1) is 17.9 Å². The molecule has 1 rings (SSSR count). The van der Waals surface area contributed by atoms with Crippen LogP contribution in [0, 0.1) is 13.8 Å². The van der Waals surface area contributed by atoms with Crippen LogP contribution in [0.4, 0.5) is 0 Å². The van der Waals surface area contributed by atoms with E-state index in [0.29, 0.717) is 11.4 Å². The molecule has 0 atom stereocenters. The quantitative estimate of drug-likeness (QED) is 0.741. The normalized spacial score (nSPS) is 11.7. The molecular formula is C7H10ClN3O3S. The minimum Gasteiger partial charge on any atom is -0.281 e. The number of aromatic amines is 1. The standard InChI is InChI=1S/C7H10ClN3O3S/c1-4-7(5(2)11-10-4)15(13,14)9-3-6(8)12/h9H,3H2,1-2H3,(H,10,11). The van der Waals surface area contributed by atoms with Crippen LogP contribution in [-0.2, 0) is 14.8 Å². The lowest BCUT2D eigenvalue weighted by Gasteiger charge is -2.03. The molecule has 1 aromatic heterocycles. The fourth-order valence-electron chi connectivity index (χ4n) is 1.16. The Hall–Kier alpha value is -0.920. The Morgan fingerprint density at radius 3 is 2.53 bits per heavy atom. The number of H-pyrrole nitrogens is 1. The highest BCUT2D eigenvalue weighted by Crippen LogP contribution is 2.15. The monoisotopic (exact) mass is 251 g/mol. The van der Waals surface area contributed by atoms with Gasteiger partial charge in [-0.15, -0.1) is 0 Å². The van der Waals surface area contributed by atoms with Gasteiger partial charge < -0.3 is 0 Å². The Morgan fingerprint density at radius 2 is 2.13 bits per heavy atom. The molecule has 0 aliphatic rings. The molecule has 1 aromatic rings. The van der Waals surface area contributed by atoms with Crippen LogP contribution in [0.3, 0.4) is 0 Å². The maximum Gasteiger partial charge on any atom is 0.244 e. The van der Waals surface area contributed by atoms with E-state index in [1.54, 1.807) is 13.8 Å². The highest BCUT2D eigenvalue weighted by Gasteiger charge is 2.22. The zero-order valence-electron chi connectivity index (χ0n) is 8.17. The number of rotatable bonds is 4. The Balaban J connectivity index is 3.01. The molecule has 0 unspecified atom stereocenters. The molecule has 0 aliphatic carbocycles. The number of nitrogens with zero attached hydrogens (tertiary/aromatic N) is 1. The van der Waals surface area contributed by atoms with Gasteiger partial charge in [-0.25, -0.2) is 13.1 Å². The highest BCUT2D eigenvalue weighted by molar-refractivity contribution is 7.89. The maximum atomic E-state index is 11.7. The zero-order chi connectivity index (χ0) is 11.6. The number of halogens is 1. The van der Waals surface area contributed by atoms with E-state index in [9.17, 15) is 13.2 Å². The van der Waals surface area contributed by atoms with Gasteiger partial charge in [0.15, 0.2) is 0 Å². The lowest BCUT2D eigenvalue weighted by molar-refractivity contribution is -0.110. The van der Waals surface area contributed by atoms with Gasteiger partial charge >= 0.3 is 0 Å².